The molecule has 0 bridgehead atoms. The fourth-order valence-electron chi connectivity index (χ4n) is 1.19. The largest absolute Gasteiger partial charge is 0.353 e. The van der Waals surface area contributed by atoms with E-state index in [0.717, 1.165) is 5.69 Å². The van der Waals surface area contributed by atoms with E-state index >= 15 is 0 Å². The molecule has 70 valence electrons. The molecule has 1 aliphatic heterocycles. The number of H-pyrrole nitrogens is 1. The number of hydrogen-bond acceptors (Lipinski definition) is 4. The molecule has 1 aromatic rings. The standard InChI is InChI=1S/C7H9N3O2S/c1-13(12)7-9-4-2-6(11)8-3-5(4)10-7/h2-3,7,9-10H,1H3,(H,8,11). The molecule has 13 heavy (non-hydrogen) atoms. The van der Waals surface area contributed by atoms with Crippen LogP contribution in [-0.2, 0) is 10.8 Å². The van der Waals surface area contributed by atoms with Crippen LogP contribution in [-0.4, -0.2) is 20.9 Å². The highest BCUT2D eigenvalue weighted by atomic mass is 32.2. The van der Waals surface area contributed by atoms with Crippen molar-refractivity contribution in [3.05, 3.63) is 22.6 Å². The minimum Gasteiger partial charge on any atom is -0.353 e. The molecule has 2 heterocycles. The van der Waals surface area contributed by atoms with Crippen LogP contribution in [0, 0.1) is 0 Å². The van der Waals surface area contributed by atoms with Gasteiger partial charge in [-0.05, 0) is 0 Å². The van der Waals surface area contributed by atoms with Crippen molar-refractivity contribution in [2.75, 3.05) is 16.9 Å². The molecule has 0 saturated heterocycles. The summed E-state index contributed by atoms with van der Waals surface area (Å²) in [5.74, 6) is 0. The van der Waals surface area contributed by atoms with Gasteiger partial charge in [-0.25, -0.2) is 0 Å². The summed E-state index contributed by atoms with van der Waals surface area (Å²) < 4.78 is 11.1. The van der Waals surface area contributed by atoms with Gasteiger partial charge in [0.25, 0.3) is 0 Å². The summed E-state index contributed by atoms with van der Waals surface area (Å²) in [6.45, 7) is 0. The third-order valence-electron chi connectivity index (χ3n) is 1.83. The lowest BCUT2D eigenvalue weighted by atomic mass is 10.4. The van der Waals surface area contributed by atoms with E-state index < -0.39 is 10.8 Å². The van der Waals surface area contributed by atoms with Crippen LogP contribution in [0.15, 0.2) is 17.1 Å². The fraction of sp³-hybridized carbons (Fsp3) is 0.286. The maximum Gasteiger partial charge on any atom is 0.250 e. The molecule has 5 nitrogen and oxygen atoms in total. The average molecular weight is 199 g/mol. The van der Waals surface area contributed by atoms with E-state index in [0.29, 0.717) is 5.69 Å². The van der Waals surface area contributed by atoms with Gasteiger partial charge in [-0.1, -0.05) is 0 Å². The molecule has 0 fully saturated rings. The first kappa shape index (κ1) is 8.31. The van der Waals surface area contributed by atoms with Gasteiger partial charge in [0, 0.05) is 18.5 Å². The van der Waals surface area contributed by atoms with Crippen LogP contribution in [0.5, 0.6) is 0 Å². The zero-order valence-electron chi connectivity index (χ0n) is 6.96. The van der Waals surface area contributed by atoms with E-state index in [2.05, 4.69) is 15.6 Å². The zero-order chi connectivity index (χ0) is 9.42. The fourth-order valence-corrected chi connectivity index (χ4v) is 1.78. The Balaban J connectivity index is 2.35. The van der Waals surface area contributed by atoms with Crippen LogP contribution in [0.25, 0.3) is 0 Å². The first-order valence-corrected chi connectivity index (χ1v) is 5.37. The van der Waals surface area contributed by atoms with Crippen molar-refractivity contribution < 1.29 is 4.21 Å². The van der Waals surface area contributed by atoms with Gasteiger partial charge in [0.15, 0.2) is 5.50 Å². The van der Waals surface area contributed by atoms with Crippen molar-refractivity contribution in [3.8, 4) is 0 Å². The van der Waals surface area contributed by atoms with Crippen molar-refractivity contribution in [1.29, 1.82) is 0 Å². The summed E-state index contributed by atoms with van der Waals surface area (Å²) in [4.78, 5) is 13.4. The van der Waals surface area contributed by atoms with Crippen LogP contribution in [0.1, 0.15) is 0 Å². The van der Waals surface area contributed by atoms with Gasteiger partial charge in [-0.2, -0.15) is 0 Å². The lowest BCUT2D eigenvalue weighted by molar-refractivity contribution is 0.683. The highest BCUT2D eigenvalue weighted by molar-refractivity contribution is 7.85. The Morgan fingerprint density at radius 2 is 2.08 bits per heavy atom. The normalized spacial score (nSPS) is 21.5. The number of aromatic amines is 1. The van der Waals surface area contributed by atoms with Crippen molar-refractivity contribution in [2.24, 2.45) is 0 Å². The second-order valence-corrected chi connectivity index (χ2v) is 4.26. The van der Waals surface area contributed by atoms with Crippen molar-refractivity contribution in [2.45, 2.75) is 5.50 Å². The summed E-state index contributed by atoms with van der Waals surface area (Å²) in [6.07, 6.45) is 3.16. The number of nitrogens with one attached hydrogen (secondary N) is 3. The Kier molecular flexibility index (Phi) is 1.84. The molecule has 2 rings (SSSR count). The Bertz CT molecular complexity index is 414. The molecular weight excluding hydrogens is 190 g/mol. The highest BCUT2D eigenvalue weighted by Gasteiger charge is 2.21. The van der Waals surface area contributed by atoms with Gasteiger partial charge >= 0.3 is 0 Å². The molecule has 0 aliphatic carbocycles. The summed E-state index contributed by atoms with van der Waals surface area (Å²) >= 11 is 0. The summed E-state index contributed by atoms with van der Waals surface area (Å²) in [5.41, 5.74) is 1.00. The Hall–Kier alpha value is -1.30. The highest BCUT2D eigenvalue weighted by Crippen LogP contribution is 2.26. The lowest BCUT2D eigenvalue weighted by Gasteiger charge is -2.06. The predicted octanol–water partition coefficient (Wildman–Crippen LogP) is -0.126. The van der Waals surface area contributed by atoms with Gasteiger partial charge < -0.3 is 15.6 Å². The van der Waals surface area contributed by atoms with Gasteiger partial charge in [0.1, 0.15) is 0 Å². The topological polar surface area (TPSA) is 74.0 Å². The van der Waals surface area contributed by atoms with E-state index in [-0.39, 0.29) is 11.1 Å². The lowest BCUT2D eigenvalue weighted by Crippen LogP contribution is -2.26. The molecule has 2 atom stereocenters. The minimum absolute atomic E-state index is 0.171. The molecule has 1 aromatic heterocycles. The molecule has 0 radical (unpaired) electrons. The molecule has 6 heteroatoms. The van der Waals surface area contributed by atoms with E-state index in [1.807, 2.05) is 0 Å². The Morgan fingerprint density at radius 1 is 1.38 bits per heavy atom. The molecule has 1 aliphatic rings. The average Bonchev–Trinajstić information content (AvgIpc) is 2.46. The number of hydrogen-bond donors (Lipinski definition) is 3. The van der Waals surface area contributed by atoms with Gasteiger partial charge in [-0.15, -0.1) is 0 Å². The smallest absolute Gasteiger partial charge is 0.250 e. The van der Waals surface area contributed by atoms with Gasteiger partial charge in [-0.3, -0.25) is 9.00 Å². The summed E-state index contributed by atoms with van der Waals surface area (Å²) in [5, 5.41) is 5.92. The third kappa shape index (κ3) is 1.44. The van der Waals surface area contributed by atoms with Crippen LogP contribution in [0.4, 0.5) is 11.4 Å². The predicted molar refractivity (Wildman–Crippen MR) is 52.2 cm³/mol. The molecule has 0 saturated carbocycles. The van der Waals surface area contributed by atoms with Crippen LogP contribution >= 0.6 is 0 Å². The monoisotopic (exact) mass is 199 g/mol. The quantitative estimate of drug-likeness (QED) is 0.589. The first-order valence-electron chi connectivity index (χ1n) is 3.75. The number of fused-ring (bicyclic) bond motifs is 1. The van der Waals surface area contributed by atoms with E-state index in [1.165, 1.54) is 6.07 Å². The number of rotatable bonds is 1. The minimum atomic E-state index is -1.01. The maximum atomic E-state index is 11.1. The van der Waals surface area contributed by atoms with Gasteiger partial charge in [0.2, 0.25) is 5.56 Å². The van der Waals surface area contributed by atoms with Crippen LogP contribution < -0.4 is 16.2 Å². The van der Waals surface area contributed by atoms with E-state index in [9.17, 15) is 9.00 Å². The summed E-state index contributed by atoms with van der Waals surface area (Å²) in [6, 6.07) is 1.44. The number of pyridine rings is 1. The van der Waals surface area contributed by atoms with Crippen LogP contribution in [0.2, 0.25) is 0 Å². The van der Waals surface area contributed by atoms with Crippen molar-refractivity contribution in [1.82, 2.24) is 4.98 Å². The third-order valence-corrected chi connectivity index (χ3v) is 2.73. The molecule has 0 spiro atoms. The molecule has 3 N–H and O–H groups in total. The van der Waals surface area contributed by atoms with E-state index in [4.69, 9.17) is 0 Å². The number of aromatic nitrogens is 1. The maximum absolute atomic E-state index is 11.1. The molecule has 0 amide bonds. The second kappa shape index (κ2) is 2.88. The van der Waals surface area contributed by atoms with E-state index in [1.54, 1.807) is 12.5 Å². The first-order chi connectivity index (χ1) is 6.16. The van der Waals surface area contributed by atoms with Crippen LogP contribution in [0.3, 0.4) is 0 Å². The SMILES string of the molecule is CS(=O)C1Nc2c[nH]c(=O)cc2N1. The second-order valence-electron chi connectivity index (χ2n) is 2.79. The molecule has 0 aromatic carbocycles. The molecule has 2 unspecified atom stereocenters. The van der Waals surface area contributed by atoms with Crippen molar-refractivity contribution in [3.63, 3.8) is 0 Å². The Morgan fingerprint density at radius 3 is 2.77 bits per heavy atom. The molecular formula is C7H9N3O2S. The van der Waals surface area contributed by atoms with Gasteiger partial charge in [0.05, 0.1) is 22.2 Å². The number of anilines is 2. The Labute approximate surface area is 77.0 Å². The summed E-state index contributed by atoms with van der Waals surface area (Å²) in [7, 11) is -1.01. The van der Waals surface area contributed by atoms with Crippen molar-refractivity contribution >= 4 is 22.2 Å². The zero-order valence-corrected chi connectivity index (χ0v) is 7.77.